The number of amides is 2. The Balaban J connectivity index is 1.89. The lowest BCUT2D eigenvalue weighted by Gasteiger charge is -2.32. The molecule has 2 aliphatic rings. The minimum atomic E-state index is -1.35. The van der Waals surface area contributed by atoms with Gasteiger partial charge in [0.05, 0.1) is 38.9 Å². The van der Waals surface area contributed by atoms with E-state index in [0.29, 0.717) is 34.9 Å². The highest BCUT2D eigenvalue weighted by Gasteiger charge is 2.69. The lowest BCUT2D eigenvalue weighted by atomic mass is 9.77. The predicted octanol–water partition coefficient (Wildman–Crippen LogP) is 2.82. The molecule has 1 N–H and O–H groups in total. The van der Waals surface area contributed by atoms with E-state index >= 15 is 0 Å². The molecule has 4 rings (SSSR count). The molecule has 2 heterocycles. The van der Waals surface area contributed by atoms with Crippen LogP contribution in [0.1, 0.15) is 18.0 Å². The van der Waals surface area contributed by atoms with Crippen LogP contribution in [0.4, 0.5) is 5.69 Å². The van der Waals surface area contributed by atoms with E-state index in [4.69, 9.17) is 14.2 Å². The third-order valence-corrected chi connectivity index (χ3v) is 7.31. The van der Waals surface area contributed by atoms with Crippen molar-refractivity contribution in [3.05, 3.63) is 54.1 Å². The molecule has 0 aromatic heterocycles. The second kappa shape index (κ2) is 9.68. The summed E-state index contributed by atoms with van der Waals surface area (Å²) in [5.41, 5.74) is -0.200. The summed E-state index contributed by atoms with van der Waals surface area (Å²) >= 11 is 1.56. The number of hydrogen-bond acceptors (Lipinski definition) is 8. The van der Waals surface area contributed by atoms with Crippen LogP contribution in [0, 0.1) is 11.8 Å². The first kappa shape index (κ1) is 24.1. The number of carbonyl (C=O) groups is 3. The molecule has 2 amide bonds. The quantitative estimate of drug-likeness (QED) is 0.452. The number of thioether (sulfide) groups is 1. The van der Waals surface area contributed by atoms with Crippen molar-refractivity contribution in [1.29, 1.82) is 0 Å². The Bertz CT molecular complexity index is 1090. The zero-order chi connectivity index (χ0) is 24.5. The number of benzene rings is 2. The number of esters is 1. The van der Waals surface area contributed by atoms with E-state index in [-0.39, 0.29) is 5.91 Å². The van der Waals surface area contributed by atoms with E-state index in [1.807, 2.05) is 12.3 Å². The van der Waals surface area contributed by atoms with Gasteiger partial charge in [-0.05, 0) is 36.6 Å². The second-order valence-corrected chi connectivity index (χ2v) is 9.27. The Morgan fingerprint density at radius 1 is 1.06 bits per heavy atom. The van der Waals surface area contributed by atoms with Crippen LogP contribution in [0.2, 0.25) is 0 Å². The first-order valence-electron chi connectivity index (χ1n) is 10.9. The second-order valence-electron chi connectivity index (χ2n) is 8.29. The van der Waals surface area contributed by atoms with E-state index in [1.54, 1.807) is 61.3 Å². The number of para-hydroxylation sites is 1. The van der Waals surface area contributed by atoms with E-state index in [9.17, 15) is 14.4 Å². The zero-order valence-corrected chi connectivity index (χ0v) is 20.4. The van der Waals surface area contributed by atoms with E-state index in [1.165, 1.54) is 19.1 Å². The number of fused-ring (bicyclic) bond motifs is 1. The monoisotopic (exact) mass is 484 g/mol. The van der Waals surface area contributed by atoms with Crippen molar-refractivity contribution in [1.82, 2.24) is 5.32 Å². The number of nitrogens with one attached hydrogen (secondary N) is 1. The lowest BCUT2D eigenvalue weighted by molar-refractivity contribution is -0.152. The summed E-state index contributed by atoms with van der Waals surface area (Å²) in [5, 5.41) is 3.38. The third kappa shape index (κ3) is 3.73. The van der Waals surface area contributed by atoms with Crippen molar-refractivity contribution in [2.75, 3.05) is 38.2 Å². The fourth-order valence-corrected chi connectivity index (χ4v) is 5.67. The number of hydrogen-bond donors (Lipinski definition) is 1. The van der Waals surface area contributed by atoms with Crippen molar-refractivity contribution in [3.63, 3.8) is 0 Å². The van der Waals surface area contributed by atoms with Gasteiger partial charge in [0.25, 0.3) is 0 Å². The SMILES string of the molecule is COC(=O)C1(CCSC)NC(c2ccc(OC)cc2OC)C2C(=O)N(c3ccccc3)C(=O)C21. The van der Waals surface area contributed by atoms with Gasteiger partial charge >= 0.3 is 5.97 Å². The topological polar surface area (TPSA) is 94.2 Å². The first-order chi connectivity index (χ1) is 16.4. The molecule has 2 fully saturated rings. The molecule has 2 saturated heterocycles. The predicted molar refractivity (Wildman–Crippen MR) is 129 cm³/mol. The Morgan fingerprint density at radius 3 is 2.41 bits per heavy atom. The smallest absolute Gasteiger partial charge is 0.326 e. The molecule has 9 heteroatoms. The summed E-state index contributed by atoms with van der Waals surface area (Å²) in [6, 6.07) is 13.4. The fraction of sp³-hybridized carbons (Fsp3) is 0.400. The maximum Gasteiger partial charge on any atom is 0.326 e. The van der Waals surface area contributed by atoms with Gasteiger partial charge in [0.2, 0.25) is 11.8 Å². The van der Waals surface area contributed by atoms with Crippen molar-refractivity contribution in [3.8, 4) is 11.5 Å². The molecule has 180 valence electrons. The van der Waals surface area contributed by atoms with Crippen molar-refractivity contribution in [2.45, 2.75) is 18.0 Å². The Morgan fingerprint density at radius 2 is 1.79 bits per heavy atom. The minimum absolute atomic E-state index is 0.332. The maximum atomic E-state index is 13.8. The van der Waals surface area contributed by atoms with Crippen LogP contribution < -0.4 is 19.7 Å². The van der Waals surface area contributed by atoms with Gasteiger partial charge in [-0.15, -0.1) is 0 Å². The number of methoxy groups -OCH3 is 3. The van der Waals surface area contributed by atoms with Gasteiger partial charge in [0.15, 0.2) is 0 Å². The average molecular weight is 485 g/mol. The zero-order valence-electron chi connectivity index (χ0n) is 19.6. The molecule has 0 aliphatic carbocycles. The number of imide groups is 1. The lowest BCUT2D eigenvalue weighted by Crippen LogP contribution is -2.56. The van der Waals surface area contributed by atoms with Gasteiger partial charge < -0.3 is 14.2 Å². The van der Waals surface area contributed by atoms with Gasteiger partial charge in [0.1, 0.15) is 17.0 Å². The van der Waals surface area contributed by atoms with Crippen LogP contribution in [0.5, 0.6) is 11.5 Å². The van der Waals surface area contributed by atoms with Gasteiger partial charge in [0, 0.05) is 17.7 Å². The average Bonchev–Trinajstić information content (AvgIpc) is 3.36. The third-order valence-electron chi connectivity index (χ3n) is 6.69. The van der Waals surface area contributed by atoms with E-state index in [0.717, 1.165) is 0 Å². The summed E-state index contributed by atoms with van der Waals surface area (Å²) in [4.78, 5) is 42.1. The first-order valence-corrected chi connectivity index (χ1v) is 12.3. The fourth-order valence-electron chi connectivity index (χ4n) is 5.14. The van der Waals surface area contributed by atoms with Crippen LogP contribution in [0.3, 0.4) is 0 Å². The van der Waals surface area contributed by atoms with Gasteiger partial charge in [-0.2, -0.15) is 11.8 Å². The summed E-state index contributed by atoms with van der Waals surface area (Å²) < 4.78 is 16.1. The molecule has 8 nitrogen and oxygen atoms in total. The van der Waals surface area contributed by atoms with Crippen molar-refractivity contribution in [2.24, 2.45) is 11.8 Å². The Kier molecular flexibility index (Phi) is 6.86. The molecule has 0 spiro atoms. The molecule has 2 aromatic rings. The van der Waals surface area contributed by atoms with Gasteiger partial charge in [-0.3, -0.25) is 19.7 Å². The van der Waals surface area contributed by atoms with E-state index < -0.39 is 35.3 Å². The van der Waals surface area contributed by atoms with Crippen molar-refractivity contribution < 1.29 is 28.6 Å². The van der Waals surface area contributed by atoms with Crippen LogP contribution in [0.25, 0.3) is 0 Å². The highest BCUT2D eigenvalue weighted by Crippen LogP contribution is 2.53. The molecule has 2 aromatic carbocycles. The molecular weight excluding hydrogens is 456 g/mol. The van der Waals surface area contributed by atoms with Crippen LogP contribution in [-0.4, -0.2) is 56.7 Å². The molecule has 2 aliphatic heterocycles. The summed E-state index contributed by atoms with van der Waals surface area (Å²) in [6.07, 6.45) is 2.26. The van der Waals surface area contributed by atoms with Crippen LogP contribution >= 0.6 is 11.8 Å². The number of anilines is 1. The molecular formula is C25H28N2O6S. The standard InChI is InChI=1S/C25H28N2O6S/c1-31-16-10-11-17(18(14-16)32-2)21-19-20(25(26-21,12-13-34-4)24(30)33-3)23(29)27(22(19)28)15-8-6-5-7-9-15/h5-11,14,19-21,26H,12-13H2,1-4H3. The number of rotatable bonds is 8. The Hall–Kier alpha value is -3.04. The number of ether oxygens (including phenoxy) is 3. The molecule has 4 atom stereocenters. The van der Waals surface area contributed by atoms with Crippen LogP contribution in [0.15, 0.2) is 48.5 Å². The van der Waals surface area contributed by atoms with Crippen LogP contribution in [-0.2, 0) is 19.1 Å². The summed E-state index contributed by atoms with van der Waals surface area (Å²) in [6.45, 7) is 0. The van der Waals surface area contributed by atoms with Crippen molar-refractivity contribution >= 4 is 35.2 Å². The Labute approximate surface area is 202 Å². The summed E-state index contributed by atoms with van der Waals surface area (Å²) in [7, 11) is 4.39. The summed E-state index contributed by atoms with van der Waals surface area (Å²) in [5.74, 6) is -1.35. The molecule has 0 saturated carbocycles. The minimum Gasteiger partial charge on any atom is -0.497 e. The molecule has 0 radical (unpaired) electrons. The van der Waals surface area contributed by atoms with E-state index in [2.05, 4.69) is 5.32 Å². The highest BCUT2D eigenvalue weighted by atomic mass is 32.2. The molecule has 4 unspecified atom stereocenters. The van der Waals surface area contributed by atoms with Gasteiger partial charge in [-0.1, -0.05) is 24.3 Å². The number of nitrogens with zero attached hydrogens (tertiary/aromatic N) is 1. The normalized spacial score (nSPS) is 25.9. The van der Waals surface area contributed by atoms with Gasteiger partial charge in [-0.25, -0.2) is 4.90 Å². The molecule has 0 bridgehead atoms. The highest BCUT2D eigenvalue weighted by molar-refractivity contribution is 7.98. The largest absolute Gasteiger partial charge is 0.497 e. The number of carbonyl (C=O) groups excluding carboxylic acids is 3. The molecule has 34 heavy (non-hydrogen) atoms. The maximum absolute atomic E-state index is 13.8.